The molecular weight excluding hydrogens is 561 g/mol. The van der Waals surface area contributed by atoms with Crippen molar-refractivity contribution in [2.24, 2.45) is 0 Å². The fourth-order valence-corrected chi connectivity index (χ4v) is 5.00. The number of carbonyl (C=O) groups is 2. The predicted molar refractivity (Wildman–Crippen MR) is 146 cm³/mol. The van der Waals surface area contributed by atoms with Gasteiger partial charge in [-0.25, -0.2) is 12.8 Å². The Balaban J connectivity index is 2.04. The Labute approximate surface area is 225 Å². The number of nitrogens with one attached hydrogen (secondary N) is 1. The summed E-state index contributed by atoms with van der Waals surface area (Å²) in [6, 6.07) is 20.9. The van der Waals surface area contributed by atoms with Crippen LogP contribution >= 0.6 is 15.9 Å². The smallest absolute Gasteiger partial charge is 0.244 e. The largest absolute Gasteiger partial charge is 0.355 e. The number of hydrogen-bond donors (Lipinski definition) is 1. The summed E-state index contributed by atoms with van der Waals surface area (Å²) in [7, 11) is -4.02. The van der Waals surface area contributed by atoms with Crippen LogP contribution in [0.3, 0.4) is 0 Å². The molecule has 0 heterocycles. The van der Waals surface area contributed by atoms with Crippen LogP contribution in [0.25, 0.3) is 0 Å². The third-order valence-electron chi connectivity index (χ3n) is 5.69. The van der Waals surface area contributed by atoms with Gasteiger partial charge in [0.25, 0.3) is 0 Å². The van der Waals surface area contributed by atoms with E-state index in [9.17, 15) is 22.4 Å². The number of hydrogen-bond acceptors (Lipinski definition) is 4. The van der Waals surface area contributed by atoms with Gasteiger partial charge in [-0.15, -0.1) is 0 Å². The molecule has 1 atom stereocenters. The van der Waals surface area contributed by atoms with Crippen molar-refractivity contribution in [1.82, 2.24) is 10.2 Å². The van der Waals surface area contributed by atoms with E-state index in [1.165, 1.54) is 23.1 Å². The van der Waals surface area contributed by atoms with E-state index in [4.69, 9.17) is 0 Å². The lowest BCUT2D eigenvalue weighted by Crippen LogP contribution is -2.53. The van der Waals surface area contributed by atoms with Crippen molar-refractivity contribution in [3.05, 3.63) is 100 Å². The SMILES string of the molecule is CCNC(=O)[C@@H](Cc1ccccc1)N(Cc1ccc(Br)cc1)C(=O)CN(c1ccccc1F)S(C)(=O)=O. The molecule has 0 aliphatic rings. The van der Waals surface area contributed by atoms with Crippen molar-refractivity contribution in [3.63, 3.8) is 0 Å². The van der Waals surface area contributed by atoms with E-state index in [1.807, 2.05) is 54.6 Å². The minimum Gasteiger partial charge on any atom is -0.355 e. The predicted octanol–water partition coefficient (Wildman–Crippen LogP) is 4.13. The zero-order chi connectivity index (χ0) is 27.0. The molecule has 0 saturated carbocycles. The monoisotopic (exact) mass is 589 g/mol. The maximum atomic E-state index is 14.6. The highest BCUT2D eigenvalue weighted by atomic mass is 79.9. The standard InChI is InChI=1S/C27H29BrFN3O4S/c1-3-30-27(34)25(17-20-9-5-4-6-10-20)31(18-21-13-15-22(28)16-14-21)26(33)19-32(37(2,35)36)24-12-8-7-11-23(24)29/h4-16,25H,3,17-19H2,1-2H3,(H,30,34)/t25-/m1/s1. The van der Waals surface area contributed by atoms with Gasteiger partial charge in [0, 0.05) is 24.0 Å². The zero-order valence-electron chi connectivity index (χ0n) is 20.6. The first kappa shape index (κ1) is 28.3. The number of benzene rings is 3. The van der Waals surface area contributed by atoms with E-state index in [0.29, 0.717) is 6.54 Å². The highest BCUT2D eigenvalue weighted by Gasteiger charge is 2.33. The fourth-order valence-electron chi connectivity index (χ4n) is 3.88. The normalized spacial score (nSPS) is 12.0. The Kier molecular flexibility index (Phi) is 9.82. The van der Waals surface area contributed by atoms with Crippen molar-refractivity contribution in [2.45, 2.75) is 25.9 Å². The lowest BCUT2D eigenvalue weighted by Gasteiger charge is -2.33. The van der Waals surface area contributed by atoms with Gasteiger partial charge in [0.1, 0.15) is 18.4 Å². The van der Waals surface area contributed by atoms with Gasteiger partial charge in [-0.05, 0) is 42.3 Å². The zero-order valence-corrected chi connectivity index (χ0v) is 23.0. The number of sulfonamides is 1. The Hall–Kier alpha value is -3.24. The third-order valence-corrected chi connectivity index (χ3v) is 7.34. The van der Waals surface area contributed by atoms with Crippen LogP contribution in [0.15, 0.2) is 83.3 Å². The molecule has 1 N–H and O–H groups in total. The van der Waals surface area contributed by atoms with Gasteiger partial charge < -0.3 is 10.2 Å². The molecule has 0 bridgehead atoms. The van der Waals surface area contributed by atoms with E-state index in [2.05, 4.69) is 21.2 Å². The van der Waals surface area contributed by atoms with Crippen LogP contribution in [0.4, 0.5) is 10.1 Å². The number of likely N-dealkylation sites (N-methyl/N-ethyl adjacent to an activating group) is 1. The van der Waals surface area contributed by atoms with Crippen LogP contribution in [-0.2, 0) is 32.6 Å². The quantitative estimate of drug-likeness (QED) is 0.364. The van der Waals surface area contributed by atoms with Crippen LogP contribution < -0.4 is 9.62 Å². The lowest BCUT2D eigenvalue weighted by molar-refractivity contribution is -0.140. The van der Waals surface area contributed by atoms with Crippen LogP contribution in [0, 0.1) is 5.82 Å². The van der Waals surface area contributed by atoms with E-state index in [1.54, 1.807) is 6.92 Å². The molecule has 196 valence electrons. The molecule has 0 fully saturated rings. The van der Waals surface area contributed by atoms with Crippen LogP contribution in [0.1, 0.15) is 18.1 Å². The Bertz CT molecular complexity index is 1320. The number of halogens is 2. The first-order valence-corrected chi connectivity index (χ1v) is 14.3. The second-order valence-corrected chi connectivity index (χ2v) is 11.3. The summed E-state index contributed by atoms with van der Waals surface area (Å²) >= 11 is 3.39. The minimum atomic E-state index is -4.02. The summed E-state index contributed by atoms with van der Waals surface area (Å²) in [5.74, 6) is -1.78. The van der Waals surface area contributed by atoms with E-state index < -0.39 is 34.3 Å². The molecule has 7 nitrogen and oxygen atoms in total. The topological polar surface area (TPSA) is 86.8 Å². The Morgan fingerprint density at radius 2 is 1.57 bits per heavy atom. The van der Waals surface area contributed by atoms with Crippen LogP contribution in [-0.4, -0.2) is 50.5 Å². The minimum absolute atomic E-state index is 0.0512. The fraction of sp³-hybridized carbons (Fsp3) is 0.259. The summed E-state index contributed by atoms with van der Waals surface area (Å²) in [5, 5.41) is 2.79. The molecular formula is C27H29BrFN3O4S. The molecule has 2 amide bonds. The first-order valence-electron chi connectivity index (χ1n) is 11.7. The number of anilines is 1. The maximum absolute atomic E-state index is 14.6. The average molecular weight is 591 g/mol. The summed E-state index contributed by atoms with van der Waals surface area (Å²) in [5.41, 5.74) is 1.34. The lowest BCUT2D eigenvalue weighted by atomic mass is 10.0. The average Bonchev–Trinajstić information content (AvgIpc) is 2.86. The molecule has 0 spiro atoms. The van der Waals surface area contributed by atoms with Gasteiger partial charge >= 0.3 is 0 Å². The van der Waals surface area contributed by atoms with E-state index >= 15 is 0 Å². The molecule has 0 unspecified atom stereocenters. The van der Waals surface area contributed by atoms with Crippen molar-refractivity contribution in [1.29, 1.82) is 0 Å². The van der Waals surface area contributed by atoms with Crippen molar-refractivity contribution in [3.8, 4) is 0 Å². The molecule has 0 radical (unpaired) electrons. The van der Waals surface area contributed by atoms with Crippen molar-refractivity contribution in [2.75, 3.05) is 23.7 Å². The van der Waals surface area contributed by atoms with Gasteiger partial charge in [-0.3, -0.25) is 13.9 Å². The van der Waals surface area contributed by atoms with Gasteiger partial charge in [0.2, 0.25) is 21.8 Å². The first-order chi connectivity index (χ1) is 17.6. The third kappa shape index (κ3) is 7.87. The second-order valence-electron chi connectivity index (χ2n) is 8.47. The molecule has 10 heteroatoms. The Morgan fingerprint density at radius 1 is 0.946 bits per heavy atom. The summed E-state index contributed by atoms with van der Waals surface area (Å²) in [4.78, 5) is 28.4. The molecule has 0 aliphatic carbocycles. The molecule has 3 rings (SSSR count). The molecule has 37 heavy (non-hydrogen) atoms. The molecule has 3 aromatic rings. The van der Waals surface area contributed by atoms with Gasteiger partial charge in [-0.1, -0.05) is 70.5 Å². The number of carbonyl (C=O) groups excluding carboxylic acids is 2. The molecule has 0 saturated heterocycles. The number of nitrogens with zero attached hydrogens (tertiary/aromatic N) is 2. The second kappa shape index (κ2) is 12.8. The highest BCUT2D eigenvalue weighted by molar-refractivity contribution is 9.10. The number of rotatable bonds is 11. The van der Waals surface area contributed by atoms with Gasteiger partial charge in [0.05, 0.1) is 11.9 Å². The van der Waals surface area contributed by atoms with Crippen molar-refractivity contribution < 1.29 is 22.4 Å². The number of para-hydroxylation sites is 1. The molecule has 0 aliphatic heterocycles. The van der Waals surface area contributed by atoms with Gasteiger partial charge in [-0.2, -0.15) is 0 Å². The van der Waals surface area contributed by atoms with E-state index in [-0.39, 0.29) is 24.6 Å². The summed E-state index contributed by atoms with van der Waals surface area (Å²) < 4.78 is 41.4. The van der Waals surface area contributed by atoms with Gasteiger partial charge in [0.15, 0.2) is 0 Å². The van der Waals surface area contributed by atoms with E-state index in [0.717, 1.165) is 32.2 Å². The number of amides is 2. The molecule has 3 aromatic carbocycles. The highest BCUT2D eigenvalue weighted by Crippen LogP contribution is 2.23. The van der Waals surface area contributed by atoms with Crippen molar-refractivity contribution >= 4 is 43.5 Å². The van der Waals surface area contributed by atoms with Crippen LogP contribution in [0.2, 0.25) is 0 Å². The summed E-state index contributed by atoms with van der Waals surface area (Å²) in [6.45, 7) is 1.52. The summed E-state index contributed by atoms with van der Waals surface area (Å²) in [6.07, 6.45) is 1.13. The Morgan fingerprint density at radius 3 is 2.16 bits per heavy atom. The maximum Gasteiger partial charge on any atom is 0.244 e. The molecule has 0 aromatic heterocycles. The van der Waals surface area contributed by atoms with Crippen LogP contribution in [0.5, 0.6) is 0 Å².